The van der Waals surface area contributed by atoms with Gasteiger partial charge in [0.1, 0.15) is 11.5 Å². The van der Waals surface area contributed by atoms with Gasteiger partial charge < -0.3 is 11.1 Å². The minimum Gasteiger partial charge on any atom is -0.379 e. The standard InChI is InChI=1S/C20H17F4N7OS/c1-19(5-7-33-18(25)29-19)12-8-11(2-3-13(12)21)28-17(32)14-9-27-16(10-26-14)31-6-4-15(30-31)20(22,23)24/h2-4,6,8-10H,5,7H2,1H3,(H2,25,29)(H,28,32)/t19-/m0/s1. The Morgan fingerprint density at radius 2 is 2.03 bits per heavy atom. The Hall–Kier alpha value is -3.48. The number of hydrogen-bond acceptors (Lipinski definition) is 7. The lowest BCUT2D eigenvalue weighted by Gasteiger charge is -2.30. The van der Waals surface area contributed by atoms with Crippen molar-refractivity contribution in [3.63, 3.8) is 0 Å². The lowest BCUT2D eigenvalue weighted by Crippen LogP contribution is -2.29. The normalized spacial score (nSPS) is 18.6. The van der Waals surface area contributed by atoms with Crippen LogP contribution in [0, 0.1) is 5.82 Å². The van der Waals surface area contributed by atoms with Crippen molar-refractivity contribution in [1.29, 1.82) is 0 Å². The first-order chi connectivity index (χ1) is 15.5. The molecule has 0 aliphatic carbocycles. The largest absolute Gasteiger partial charge is 0.435 e. The number of rotatable bonds is 4. The van der Waals surface area contributed by atoms with E-state index in [1.807, 2.05) is 0 Å². The number of nitrogens with zero attached hydrogens (tertiary/aromatic N) is 5. The molecule has 3 aromatic rings. The van der Waals surface area contributed by atoms with E-state index >= 15 is 0 Å². The van der Waals surface area contributed by atoms with Gasteiger partial charge >= 0.3 is 6.18 Å². The summed E-state index contributed by atoms with van der Waals surface area (Å²) in [6, 6.07) is 4.92. The van der Waals surface area contributed by atoms with Crippen LogP contribution in [-0.4, -0.2) is 36.6 Å². The van der Waals surface area contributed by atoms with Crippen molar-refractivity contribution in [3.05, 3.63) is 65.6 Å². The Morgan fingerprint density at radius 3 is 2.67 bits per heavy atom. The molecule has 1 aromatic carbocycles. The Kier molecular flexibility index (Phi) is 5.82. The molecule has 1 amide bonds. The van der Waals surface area contributed by atoms with Crippen molar-refractivity contribution in [1.82, 2.24) is 19.7 Å². The van der Waals surface area contributed by atoms with Crippen molar-refractivity contribution < 1.29 is 22.4 Å². The van der Waals surface area contributed by atoms with Crippen molar-refractivity contribution >= 4 is 28.5 Å². The van der Waals surface area contributed by atoms with E-state index in [1.54, 1.807) is 6.92 Å². The minimum atomic E-state index is -4.59. The molecule has 0 spiro atoms. The second kappa shape index (κ2) is 8.46. The second-order valence-electron chi connectivity index (χ2n) is 7.37. The Balaban J connectivity index is 1.52. The van der Waals surface area contributed by atoms with Gasteiger partial charge in [-0.15, -0.1) is 0 Å². The van der Waals surface area contributed by atoms with Crippen molar-refractivity contribution in [2.45, 2.75) is 25.1 Å². The third-order valence-electron chi connectivity index (χ3n) is 4.99. The van der Waals surface area contributed by atoms with Gasteiger partial charge in [-0.3, -0.25) is 9.79 Å². The first kappa shape index (κ1) is 22.7. The number of nitrogens with one attached hydrogen (secondary N) is 1. The minimum absolute atomic E-state index is 0.00432. The summed E-state index contributed by atoms with van der Waals surface area (Å²) in [6.07, 6.45) is -0.697. The third kappa shape index (κ3) is 4.82. The number of amides is 1. The van der Waals surface area contributed by atoms with Crippen LogP contribution in [0.15, 0.2) is 47.8 Å². The predicted octanol–water partition coefficient (Wildman–Crippen LogP) is 3.74. The van der Waals surface area contributed by atoms with Crippen LogP contribution in [0.3, 0.4) is 0 Å². The number of carbonyl (C=O) groups is 1. The van der Waals surface area contributed by atoms with Gasteiger partial charge in [-0.05, 0) is 37.6 Å². The number of amidine groups is 1. The molecule has 1 atom stereocenters. The first-order valence-corrected chi connectivity index (χ1v) is 10.6. The van der Waals surface area contributed by atoms with Crippen LogP contribution in [0.4, 0.5) is 23.2 Å². The maximum Gasteiger partial charge on any atom is 0.435 e. The fourth-order valence-electron chi connectivity index (χ4n) is 3.25. The maximum atomic E-state index is 14.5. The van der Waals surface area contributed by atoms with Crippen LogP contribution in [-0.2, 0) is 11.7 Å². The van der Waals surface area contributed by atoms with E-state index < -0.39 is 29.1 Å². The summed E-state index contributed by atoms with van der Waals surface area (Å²) in [5.41, 5.74) is 4.40. The molecule has 1 aliphatic rings. The number of aromatic nitrogens is 4. The van der Waals surface area contributed by atoms with Gasteiger partial charge in [0.15, 0.2) is 16.7 Å². The molecule has 0 unspecified atom stereocenters. The molecule has 1 aliphatic heterocycles. The molecular weight excluding hydrogens is 462 g/mol. The molecule has 0 bridgehead atoms. The molecule has 0 radical (unpaired) electrons. The zero-order valence-electron chi connectivity index (χ0n) is 17.1. The fourth-order valence-corrected chi connectivity index (χ4v) is 4.23. The smallest absolute Gasteiger partial charge is 0.379 e. The van der Waals surface area contributed by atoms with Crippen molar-refractivity contribution in [2.75, 3.05) is 11.1 Å². The van der Waals surface area contributed by atoms with Gasteiger partial charge in [0.2, 0.25) is 0 Å². The lowest BCUT2D eigenvalue weighted by molar-refractivity contribution is -0.141. The molecule has 2 aromatic heterocycles. The molecule has 3 heterocycles. The number of alkyl halides is 3. The number of anilines is 1. The third-order valence-corrected chi connectivity index (χ3v) is 5.78. The quantitative estimate of drug-likeness (QED) is 0.552. The topological polar surface area (TPSA) is 111 Å². The monoisotopic (exact) mass is 479 g/mol. The summed E-state index contributed by atoms with van der Waals surface area (Å²) < 4.78 is 53.6. The van der Waals surface area contributed by atoms with Crippen molar-refractivity contribution in [3.8, 4) is 5.82 Å². The molecule has 4 rings (SSSR count). The molecule has 0 fully saturated rings. The number of benzene rings is 1. The number of hydrogen-bond donors (Lipinski definition) is 2. The summed E-state index contributed by atoms with van der Waals surface area (Å²) in [5, 5.41) is 6.38. The maximum absolute atomic E-state index is 14.5. The molecule has 33 heavy (non-hydrogen) atoms. The zero-order chi connectivity index (χ0) is 23.8. The van der Waals surface area contributed by atoms with Gasteiger partial charge in [0, 0.05) is 23.2 Å². The lowest BCUT2D eigenvalue weighted by atomic mass is 9.89. The molecule has 3 N–H and O–H groups in total. The van der Waals surface area contributed by atoms with Gasteiger partial charge in [-0.1, -0.05) is 11.8 Å². The summed E-state index contributed by atoms with van der Waals surface area (Å²) in [6.45, 7) is 1.77. The molecule has 8 nitrogen and oxygen atoms in total. The number of carbonyl (C=O) groups excluding carboxylic acids is 1. The SMILES string of the molecule is C[C@@]1(c2cc(NC(=O)c3cnc(-n4ccc(C(F)(F)F)n4)cn3)ccc2F)CCSC(N)=N1. The Bertz CT molecular complexity index is 1230. The van der Waals surface area contributed by atoms with Gasteiger partial charge in [-0.25, -0.2) is 19.0 Å². The molecule has 172 valence electrons. The van der Waals surface area contributed by atoms with E-state index in [-0.39, 0.29) is 11.5 Å². The molecule has 0 saturated carbocycles. The van der Waals surface area contributed by atoms with Gasteiger partial charge in [-0.2, -0.15) is 18.3 Å². The summed E-state index contributed by atoms with van der Waals surface area (Å²) >= 11 is 1.39. The fraction of sp³-hybridized carbons (Fsp3) is 0.250. The average Bonchev–Trinajstić information content (AvgIpc) is 3.26. The van der Waals surface area contributed by atoms with E-state index in [0.717, 1.165) is 29.3 Å². The number of nitrogens with two attached hydrogens (primary N) is 1. The number of halogens is 4. The highest BCUT2D eigenvalue weighted by Gasteiger charge is 2.34. The highest BCUT2D eigenvalue weighted by molar-refractivity contribution is 8.13. The predicted molar refractivity (Wildman–Crippen MR) is 115 cm³/mol. The van der Waals surface area contributed by atoms with E-state index in [2.05, 4.69) is 25.4 Å². The van der Waals surface area contributed by atoms with Crippen LogP contribution in [0.5, 0.6) is 0 Å². The highest BCUT2D eigenvalue weighted by Crippen LogP contribution is 2.37. The van der Waals surface area contributed by atoms with E-state index in [1.165, 1.54) is 30.0 Å². The van der Waals surface area contributed by atoms with Crippen LogP contribution >= 0.6 is 11.8 Å². The summed E-state index contributed by atoms with van der Waals surface area (Å²) in [7, 11) is 0. The first-order valence-electron chi connectivity index (χ1n) is 9.60. The Morgan fingerprint density at radius 1 is 1.24 bits per heavy atom. The van der Waals surface area contributed by atoms with Crippen molar-refractivity contribution in [2.24, 2.45) is 10.7 Å². The molecular formula is C20H17F4N7OS. The summed E-state index contributed by atoms with van der Waals surface area (Å²) in [5.74, 6) is -0.412. The van der Waals surface area contributed by atoms with E-state index in [0.29, 0.717) is 28.6 Å². The second-order valence-corrected chi connectivity index (χ2v) is 8.49. The van der Waals surface area contributed by atoms with Crippen LogP contribution in [0.25, 0.3) is 5.82 Å². The zero-order valence-corrected chi connectivity index (χ0v) is 17.9. The number of aliphatic imine (C=N–C) groups is 1. The average molecular weight is 479 g/mol. The summed E-state index contributed by atoms with van der Waals surface area (Å²) in [4.78, 5) is 24.8. The van der Waals surface area contributed by atoms with Gasteiger partial charge in [0.25, 0.3) is 5.91 Å². The van der Waals surface area contributed by atoms with E-state index in [9.17, 15) is 22.4 Å². The number of thioether (sulfide) groups is 1. The Labute approximate surface area is 189 Å². The molecule has 13 heteroatoms. The van der Waals surface area contributed by atoms with Crippen LogP contribution in [0.1, 0.15) is 35.1 Å². The highest BCUT2D eigenvalue weighted by atomic mass is 32.2. The van der Waals surface area contributed by atoms with Crippen LogP contribution in [0.2, 0.25) is 0 Å². The molecule has 0 saturated heterocycles. The van der Waals surface area contributed by atoms with Crippen LogP contribution < -0.4 is 11.1 Å². The van der Waals surface area contributed by atoms with Gasteiger partial charge in [0.05, 0.1) is 17.9 Å². The van der Waals surface area contributed by atoms with E-state index in [4.69, 9.17) is 5.73 Å².